The third-order valence-electron chi connectivity index (χ3n) is 2.82. The molecule has 0 atom stereocenters. The maximum absolute atomic E-state index is 4.48. The molecule has 2 heteroatoms. The molecule has 1 heterocycles. The van der Waals surface area contributed by atoms with Crippen molar-refractivity contribution in [2.75, 3.05) is 0 Å². The third-order valence-corrected chi connectivity index (χ3v) is 3.26. The molecule has 0 N–H and O–H groups in total. The first-order valence-electron chi connectivity index (χ1n) is 4.57. The largest absolute Gasteiger partial charge is 0.245 e. The van der Waals surface area contributed by atoms with E-state index < -0.39 is 0 Å². The van der Waals surface area contributed by atoms with E-state index in [4.69, 9.17) is 0 Å². The smallest absolute Gasteiger partial charge is 0.106 e. The molecule has 1 rings (SSSR count). The van der Waals surface area contributed by atoms with Crippen LogP contribution in [0.15, 0.2) is 22.8 Å². The normalized spacial score (nSPS) is 12.2. The molecule has 1 aromatic rings. The first-order valence-corrected chi connectivity index (χ1v) is 5.37. The van der Waals surface area contributed by atoms with Gasteiger partial charge in [0.2, 0.25) is 0 Å². The van der Waals surface area contributed by atoms with E-state index >= 15 is 0 Å². The summed E-state index contributed by atoms with van der Waals surface area (Å²) in [4.78, 5) is 4.48. The van der Waals surface area contributed by atoms with Gasteiger partial charge in [0.05, 0.1) is 0 Å². The number of halogens is 1. The second kappa shape index (κ2) is 3.79. The molecule has 0 aliphatic carbocycles. The summed E-state index contributed by atoms with van der Waals surface area (Å²) in [6.45, 7) is 8.91. The van der Waals surface area contributed by atoms with Crippen molar-refractivity contribution in [2.24, 2.45) is 5.92 Å². The van der Waals surface area contributed by atoms with Gasteiger partial charge in [-0.2, -0.15) is 0 Å². The summed E-state index contributed by atoms with van der Waals surface area (Å²) in [6, 6.07) is 6.08. The molecule has 0 aliphatic heterocycles. The molecule has 0 fully saturated rings. The fourth-order valence-electron chi connectivity index (χ4n) is 1.06. The molecule has 0 aromatic carbocycles. The van der Waals surface area contributed by atoms with Crippen LogP contribution in [0.5, 0.6) is 0 Å². The summed E-state index contributed by atoms with van der Waals surface area (Å²) in [5.41, 5.74) is 1.29. The Morgan fingerprint density at radius 2 is 1.92 bits per heavy atom. The Kier molecular flexibility index (Phi) is 3.12. The summed E-state index contributed by atoms with van der Waals surface area (Å²) in [7, 11) is 0. The average molecular weight is 242 g/mol. The number of aromatic nitrogens is 1. The molecule has 0 radical (unpaired) electrons. The van der Waals surface area contributed by atoms with E-state index in [1.807, 2.05) is 12.1 Å². The molecule has 0 unspecified atom stereocenters. The van der Waals surface area contributed by atoms with Crippen LogP contribution in [0.2, 0.25) is 0 Å². The highest BCUT2D eigenvalue weighted by molar-refractivity contribution is 9.10. The first-order chi connectivity index (χ1) is 5.94. The van der Waals surface area contributed by atoms with E-state index in [-0.39, 0.29) is 5.41 Å². The molecule has 13 heavy (non-hydrogen) atoms. The van der Waals surface area contributed by atoms with Gasteiger partial charge in [-0.05, 0) is 34.0 Å². The van der Waals surface area contributed by atoms with E-state index in [0.29, 0.717) is 5.92 Å². The van der Waals surface area contributed by atoms with Gasteiger partial charge < -0.3 is 0 Å². The lowest BCUT2D eigenvalue weighted by Crippen LogP contribution is -2.25. The summed E-state index contributed by atoms with van der Waals surface area (Å²) < 4.78 is 0.915. The number of nitrogens with zero attached hydrogens (tertiary/aromatic N) is 1. The second-order valence-electron chi connectivity index (χ2n) is 4.22. The number of pyridine rings is 1. The topological polar surface area (TPSA) is 12.9 Å². The molecule has 1 nitrogen and oxygen atoms in total. The van der Waals surface area contributed by atoms with Crippen molar-refractivity contribution in [3.8, 4) is 0 Å². The third kappa shape index (κ3) is 2.31. The van der Waals surface area contributed by atoms with Gasteiger partial charge in [-0.15, -0.1) is 0 Å². The lowest BCUT2D eigenvalue weighted by atomic mass is 9.78. The summed E-state index contributed by atoms with van der Waals surface area (Å²) >= 11 is 3.39. The number of hydrogen-bond donors (Lipinski definition) is 0. The van der Waals surface area contributed by atoms with Gasteiger partial charge in [0.15, 0.2) is 0 Å². The Morgan fingerprint density at radius 3 is 2.38 bits per heavy atom. The van der Waals surface area contributed by atoms with Crippen LogP contribution in [0.4, 0.5) is 0 Å². The minimum absolute atomic E-state index is 0.143. The predicted octanol–water partition coefficient (Wildman–Crippen LogP) is 3.78. The van der Waals surface area contributed by atoms with Gasteiger partial charge in [-0.25, -0.2) is 4.98 Å². The van der Waals surface area contributed by atoms with Crippen LogP contribution in [0, 0.1) is 5.92 Å². The van der Waals surface area contributed by atoms with Crippen molar-refractivity contribution in [1.82, 2.24) is 4.98 Å². The first kappa shape index (κ1) is 10.7. The van der Waals surface area contributed by atoms with Crippen LogP contribution < -0.4 is 0 Å². The Bertz CT molecular complexity index is 292. The highest BCUT2D eigenvalue weighted by Gasteiger charge is 2.25. The summed E-state index contributed by atoms with van der Waals surface area (Å²) in [5.74, 6) is 0.592. The average Bonchev–Trinajstić information content (AvgIpc) is 2.04. The molecule has 0 saturated carbocycles. The molecule has 72 valence electrons. The zero-order valence-corrected chi connectivity index (χ0v) is 10.2. The summed E-state index contributed by atoms with van der Waals surface area (Å²) in [6.07, 6.45) is 0. The molecule has 0 aliphatic rings. The van der Waals surface area contributed by atoms with Crippen molar-refractivity contribution in [1.29, 1.82) is 0 Å². The fraction of sp³-hybridized carbons (Fsp3) is 0.545. The van der Waals surface area contributed by atoms with Gasteiger partial charge in [0.1, 0.15) is 4.60 Å². The molecule has 0 bridgehead atoms. The Hall–Kier alpha value is -0.370. The van der Waals surface area contributed by atoms with Gasteiger partial charge in [-0.3, -0.25) is 0 Å². The van der Waals surface area contributed by atoms with Gasteiger partial charge >= 0.3 is 0 Å². The lowest BCUT2D eigenvalue weighted by Gasteiger charge is -2.28. The van der Waals surface area contributed by atoms with Crippen LogP contribution in [0.3, 0.4) is 0 Å². The van der Waals surface area contributed by atoms with E-state index in [1.165, 1.54) is 0 Å². The molecular formula is C11H16BrN. The Balaban J connectivity index is 3.07. The maximum Gasteiger partial charge on any atom is 0.106 e. The monoisotopic (exact) mass is 241 g/mol. The van der Waals surface area contributed by atoms with Crippen LogP contribution in [-0.4, -0.2) is 4.98 Å². The molecule has 0 amide bonds. The van der Waals surface area contributed by atoms with Crippen molar-refractivity contribution in [2.45, 2.75) is 33.1 Å². The van der Waals surface area contributed by atoms with Gasteiger partial charge in [-0.1, -0.05) is 33.8 Å². The van der Waals surface area contributed by atoms with E-state index in [2.05, 4.69) is 54.7 Å². The van der Waals surface area contributed by atoms with Crippen LogP contribution in [0.25, 0.3) is 0 Å². The molecule has 1 aromatic heterocycles. The molecular weight excluding hydrogens is 226 g/mol. The number of hydrogen-bond acceptors (Lipinski definition) is 1. The van der Waals surface area contributed by atoms with E-state index in [9.17, 15) is 0 Å². The maximum atomic E-state index is 4.48. The quantitative estimate of drug-likeness (QED) is 0.719. The lowest BCUT2D eigenvalue weighted by molar-refractivity contribution is 0.362. The minimum Gasteiger partial charge on any atom is -0.245 e. The highest BCUT2D eigenvalue weighted by Crippen LogP contribution is 2.30. The second-order valence-corrected chi connectivity index (χ2v) is 5.03. The molecule has 0 saturated heterocycles. The SMILES string of the molecule is CC(C)C(C)(C)c1cccc(Br)n1. The highest BCUT2D eigenvalue weighted by atomic mass is 79.9. The van der Waals surface area contributed by atoms with Crippen molar-refractivity contribution < 1.29 is 0 Å². The standard InChI is InChI=1S/C11H16BrN/c1-8(2)11(3,4)9-6-5-7-10(12)13-9/h5-8H,1-4H3. The Morgan fingerprint density at radius 1 is 1.31 bits per heavy atom. The summed E-state index contributed by atoms with van der Waals surface area (Å²) in [5, 5.41) is 0. The number of rotatable bonds is 2. The van der Waals surface area contributed by atoms with Crippen molar-refractivity contribution in [3.05, 3.63) is 28.5 Å². The zero-order chi connectivity index (χ0) is 10.1. The van der Waals surface area contributed by atoms with Crippen LogP contribution in [0.1, 0.15) is 33.4 Å². The molecule has 0 spiro atoms. The van der Waals surface area contributed by atoms with Gasteiger partial charge in [0.25, 0.3) is 0 Å². The fourth-order valence-corrected chi connectivity index (χ4v) is 1.41. The minimum atomic E-state index is 0.143. The Labute approximate surface area is 88.7 Å². The van der Waals surface area contributed by atoms with Crippen LogP contribution in [-0.2, 0) is 5.41 Å². The van der Waals surface area contributed by atoms with E-state index in [0.717, 1.165) is 10.3 Å². The van der Waals surface area contributed by atoms with E-state index in [1.54, 1.807) is 0 Å². The van der Waals surface area contributed by atoms with Crippen molar-refractivity contribution >= 4 is 15.9 Å². The van der Waals surface area contributed by atoms with Crippen molar-refractivity contribution in [3.63, 3.8) is 0 Å². The van der Waals surface area contributed by atoms with Crippen LogP contribution >= 0.6 is 15.9 Å². The van der Waals surface area contributed by atoms with Gasteiger partial charge in [0, 0.05) is 11.1 Å². The predicted molar refractivity (Wildman–Crippen MR) is 59.8 cm³/mol. The zero-order valence-electron chi connectivity index (χ0n) is 8.63.